The minimum Gasteiger partial charge on any atom is -0.225 e. The highest BCUT2D eigenvalue weighted by Crippen LogP contribution is 2.40. The lowest BCUT2D eigenvalue weighted by Crippen LogP contribution is -1.95. The van der Waals surface area contributed by atoms with Crippen LogP contribution in [0, 0.1) is 0 Å². The molecule has 12 nitrogen and oxygen atoms in total. The maximum atomic E-state index is 4.49. The van der Waals surface area contributed by atoms with Crippen LogP contribution in [0.5, 0.6) is 0 Å². The van der Waals surface area contributed by atoms with Gasteiger partial charge in [-0.05, 0) is 128 Å². The smallest absolute Gasteiger partial charge is 0.162 e. The van der Waals surface area contributed by atoms with E-state index in [2.05, 4.69) is 169 Å². The Bertz CT molecular complexity index is 2550. The van der Waals surface area contributed by atoms with Gasteiger partial charge < -0.3 is 0 Å². The average Bonchev–Trinajstić information content (AvgIpc) is 3.35. The summed E-state index contributed by atoms with van der Waals surface area (Å²) in [5, 5.41) is 0. The van der Waals surface area contributed by atoms with E-state index in [0.29, 0.717) is 23.3 Å². The maximum absolute atomic E-state index is 4.49. The largest absolute Gasteiger partial charge is 0.225 e. The summed E-state index contributed by atoms with van der Waals surface area (Å²) in [6.45, 7) is 0. The Morgan fingerprint density at radius 2 is 0.367 bits per heavy atom. The van der Waals surface area contributed by atoms with E-state index in [9.17, 15) is 0 Å². The summed E-state index contributed by atoms with van der Waals surface area (Å²) in [6, 6.07) is 46.5. The fraction of sp³-hybridized carbons (Fsp3) is 0. The summed E-state index contributed by atoms with van der Waals surface area (Å²) in [6.07, 6.45) is 11.9. The van der Waals surface area contributed by atoms with E-state index in [1.165, 1.54) is 50.6 Å². The molecule has 4 aromatic heterocycles. The fourth-order valence-electron chi connectivity index (χ4n) is 7.17. The number of hydrogen-bond acceptors (Lipinski definition) is 12. The summed E-state index contributed by atoms with van der Waals surface area (Å²) < 4.78 is 0. The number of benzene rings is 6. The molecule has 0 fully saturated rings. The Labute approximate surface area is 344 Å². The normalized spacial score (nSPS) is 11.0. The van der Waals surface area contributed by atoms with E-state index in [1.807, 2.05) is 24.3 Å². The summed E-state index contributed by atoms with van der Waals surface area (Å²) in [7, 11) is 0. The summed E-state index contributed by atoms with van der Waals surface area (Å²) in [5.41, 5.74) is 13.3. The van der Waals surface area contributed by atoms with Gasteiger partial charge in [0.25, 0.3) is 0 Å². The molecule has 60 heavy (non-hydrogen) atoms. The first kappa shape index (κ1) is 35.8. The molecule has 0 amide bonds. The van der Waals surface area contributed by atoms with Gasteiger partial charge in [0, 0.05) is 22.3 Å². The molecule has 6 aromatic carbocycles. The second-order valence-corrected chi connectivity index (χ2v) is 13.8. The van der Waals surface area contributed by atoms with Gasteiger partial charge in [0.15, 0.2) is 23.3 Å². The number of rotatable bonds is 9. The molecule has 0 atom stereocenters. The summed E-state index contributed by atoms with van der Waals surface area (Å²) in [4.78, 5) is 52.2. The van der Waals surface area contributed by atoms with E-state index in [1.54, 1.807) is 0 Å². The Kier molecular flexibility index (Phi) is 9.58. The number of hydrogen-bond donors (Lipinski definition) is 0. The first-order valence-corrected chi connectivity index (χ1v) is 18.9. The van der Waals surface area contributed by atoms with Gasteiger partial charge in [-0.2, -0.15) is 0 Å². The lowest BCUT2D eigenvalue weighted by Gasteiger charge is -2.16. The van der Waals surface area contributed by atoms with Gasteiger partial charge in [-0.25, -0.2) is 59.8 Å². The van der Waals surface area contributed by atoms with Crippen molar-refractivity contribution in [3.8, 4) is 101 Å². The van der Waals surface area contributed by atoms with Crippen molar-refractivity contribution >= 4 is 0 Å². The van der Waals surface area contributed by atoms with Gasteiger partial charge in [0.2, 0.25) is 0 Å². The lowest BCUT2D eigenvalue weighted by molar-refractivity contribution is 1.05. The Morgan fingerprint density at radius 3 is 0.600 bits per heavy atom. The average molecular weight is 775 g/mol. The molecule has 0 saturated carbocycles. The predicted molar refractivity (Wildman–Crippen MR) is 229 cm³/mol. The SMILES string of the molecule is c1ccc(-c2cc(-c3ccccc3)cc(-c3cc(-c4cc(-c5ncncn5)cc(-c5ncncn5)c4)cc(-c4cc(-c5ncncn5)cc(-c5ncncn5)c4)c3)c2)cc1. The molecule has 0 saturated heterocycles. The van der Waals surface area contributed by atoms with Crippen LogP contribution in [0.3, 0.4) is 0 Å². The first-order valence-electron chi connectivity index (χ1n) is 18.9. The van der Waals surface area contributed by atoms with E-state index in [-0.39, 0.29) is 0 Å². The van der Waals surface area contributed by atoms with Gasteiger partial charge in [0.05, 0.1) is 0 Å². The summed E-state index contributed by atoms with van der Waals surface area (Å²) >= 11 is 0. The fourth-order valence-corrected chi connectivity index (χ4v) is 7.17. The van der Waals surface area contributed by atoms with Crippen molar-refractivity contribution in [2.24, 2.45) is 0 Å². The minimum atomic E-state index is 0.522. The maximum Gasteiger partial charge on any atom is 0.162 e. The van der Waals surface area contributed by atoms with Crippen LogP contribution in [-0.2, 0) is 0 Å². The van der Waals surface area contributed by atoms with Crippen LogP contribution < -0.4 is 0 Å². The zero-order chi connectivity index (χ0) is 40.1. The highest BCUT2D eigenvalue weighted by molar-refractivity contribution is 5.89. The minimum absolute atomic E-state index is 0.522. The van der Waals surface area contributed by atoms with Crippen LogP contribution in [0.4, 0.5) is 0 Å². The van der Waals surface area contributed by atoms with Crippen molar-refractivity contribution < 1.29 is 0 Å². The van der Waals surface area contributed by atoms with Crippen LogP contribution in [0.1, 0.15) is 0 Å². The van der Waals surface area contributed by atoms with Crippen molar-refractivity contribution in [3.05, 3.63) is 184 Å². The van der Waals surface area contributed by atoms with Crippen LogP contribution in [0.15, 0.2) is 184 Å². The van der Waals surface area contributed by atoms with Gasteiger partial charge in [-0.3, -0.25) is 0 Å². The topological polar surface area (TPSA) is 155 Å². The number of nitrogens with zero attached hydrogens (tertiary/aromatic N) is 12. The van der Waals surface area contributed by atoms with Gasteiger partial charge in [0.1, 0.15) is 50.6 Å². The third kappa shape index (κ3) is 7.59. The van der Waals surface area contributed by atoms with Crippen LogP contribution in [0.2, 0.25) is 0 Å². The van der Waals surface area contributed by atoms with Gasteiger partial charge in [-0.15, -0.1) is 0 Å². The standard InChI is InChI=1S/C48H30N12/c1-3-7-31(8-4-1)33-11-34(32-9-5-2-6-10-32)13-35(12-33)36-14-37(39-17-41(45-53-23-49-24-54-45)21-42(18-39)46-55-25-50-26-56-46)16-38(15-36)40-19-43(47-57-27-51-28-58-47)22-44(20-40)48-59-29-52-30-60-48/h1-30H. The molecule has 0 bridgehead atoms. The molecule has 282 valence electrons. The molecule has 0 aliphatic heterocycles. The molecule has 12 heteroatoms. The van der Waals surface area contributed by atoms with Crippen molar-refractivity contribution in [2.75, 3.05) is 0 Å². The zero-order valence-electron chi connectivity index (χ0n) is 31.7. The molecular formula is C48H30N12. The van der Waals surface area contributed by atoms with Crippen molar-refractivity contribution in [1.82, 2.24) is 59.8 Å². The molecule has 4 heterocycles. The van der Waals surface area contributed by atoms with E-state index in [0.717, 1.165) is 77.9 Å². The second-order valence-electron chi connectivity index (χ2n) is 13.8. The monoisotopic (exact) mass is 774 g/mol. The quantitative estimate of drug-likeness (QED) is 0.137. The molecule has 0 unspecified atom stereocenters. The Hall–Kier alpha value is -8.64. The van der Waals surface area contributed by atoms with Crippen LogP contribution >= 0.6 is 0 Å². The zero-order valence-corrected chi connectivity index (χ0v) is 31.7. The third-order valence-electron chi connectivity index (χ3n) is 9.95. The second kappa shape index (κ2) is 16.1. The predicted octanol–water partition coefficient (Wildman–Crippen LogP) is 9.43. The first-order chi connectivity index (χ1) is 29.7. The highest BCUT2D eigenvalue weighted by atomic mass is 15.0. The van der Waals surface area contributed by atoms with Gasteiger partial charge in [-0.1, -0.05) is 60.7 Å². The van der Waals surface area contributed by atoms with Crippen molar-refractivity contribution in [1.29, 1.82) is 0 Å². The van der Waals surface area contributed by atoms with E-state index >= 15 is 0 Å². The molecule has 10 rings (SSSR count). The van der Waals surface area contributed by atoms with Crippen LogP contribution in [0.25, 0.3) is 101 Å². The molecular weight excluding hydrogens is 745 g/mol. The lowest BCUT2D eigenvalue weighted by atomic mass is 9.88. The third-order valence-corrected chi connectivity index (χ3v) is 9.95. The van der Waals surface area contributed by atoms with Crippen LogP contribution in [-0.4, -0.2) is 59.8 Å². The molecule has 0 aliphatic carbocycles. The molecule has 10 aromatic rings. The molecule has 0 aliphatic rings. The summed E-state index contributed by atoms with van der Waals surface area (Å²) in [5.74, 6) is 2.09. The van der Waals surface area contributed by atoms with Crippen molar-refractivity contribution in [2.45, 2.75) is 0 Å². The van der Waals surface area contributed by atoms with E-state index < -0.39 is 0 Å². The molecule has 0 spiro atoms. The number of aromatic nitrogens is 12. The molecule has 0 radical (unpaired) electrons. The Morgan fingerprint density at radius 1 is 0.183 bits per heavy atom. The Balaban J connectivity index is 1.24. The highest BCUT2D eigenvalue weighted by Gasteiger charge is 2.17. The van der Waals surface area contributed by atoms with Crippen molar-refractivity contribution in [3.63, 3.8) is 0 Å². The van der Waals surface area contributed by atoms with Gasteiger partial charge >= 0.3 is 0 Å². The van der Waals surface area contributed by atoms with E-state index in [4.69, 9.17) is 0 Å². The molecule has 0 N–H and O–H groups in total.